The van der Waals surface area contributed by atoms with Crippen LogP contribution in [0.5, 0.6) is 0 Å². The van der Waals surface area contributed by atoms with Crippen LogP contribution in [0.4, 0.5) is 0 Å². The van der Waals surface area contributed by atoms with Crippen molar-refractivity contribution in [2.24, 2.45) is 5.41 Å². The maximum Gasteiger partial charge on any atom is 0.121 e. The number of para-hydroxylation sites is 2. The predicted octanol–water partition coefficient (Wildman–Crippen LogP) is 16.7. The number of benzene rings is 7. The average molecular weight is 1080 g/mol. The van der Waals surface area contributed by atoms with E-state index in [4.69, 9.17) is 9.40 Å². The molecule has 0 amide bonds. The van der Waals surface area contributed by atoms with Crippen molar-refractivity contribution in [1.29, 1.82) is 0 Å². The Hall–Kier alpha value is -5.65. The predicted molar refractivity (Wildman–Crippen MR) is 285 cm³/mol. The number of furan rings is 1. The van der Waals surface area contributed by atoms with E-state index in [-0.39, 0.29) is 31.9 Å². The summed E-state index contributed by atoms with van der Waals surface area (Å²) in [7, 11) is -1.23. The van der Waals surface area contributed by atoms with E-state index >= 15 is 0 Å². The van der Waals surface area contributed by atoms with Gasteiger partial charge in [-0.2, -0.15) is 0 Å². The van der Waals surface area contributed by atoms with Crippen molar-refractivity contribution in [3.05, 3.63) is 168 Å². The molecule has 67 heavy (non-hydrogen) atoms. The van der Waals surface area contributed by atoms with Crippen molar-refractivity contribution in [3.63, 3.8) is 0 Å². The summed E-state index contributed by atoms with van der Waals surface area (Å²) in [4.78, 5) is 9.87. The molecular formula is C61H63IrN3OSi-2. The number of pyridine rings is 1. The molecule has 6 heteroatoms. The topological polar surface area (TPSA) is 43.9 Å². The van der Waals surface area contributed by atoms with E-state index < -0.39 is 19.9 Å². The van der Waals surface area contributed by atoms with Gasteiger partial charge in [0.05, 0.1) is 30.5 Å². The fourth-order valence-electron chi connectivity index (χ4n) is 9.14. The van der Waals surface area contributed by atoms with Crippen LogP contribution in [-0.2, 0) is 26.5 Å². The Morgan fingerprint density at radius 1 is 0.716 bits per heavy atom. The Kier molecular flexibility index (Phi) is 12.7. The van der Waals surface area contributed by atoms with Crippen molar-refractivity contribution >= 4 is 67.8 Å². The van der Waals surface area contributed by atoms with Crippen molar-refractivity contribution in [1.82, 2.24) is 14.5 Å². The van der Waals surface area contributed by atoms with Gasteiger partial charge in [0, 0.05) is 40.1 Å². The molecule has 0 aliphatic carbocycles. The summed E-state index contributed by atoms with van der Waals surface area (Å²) in [6.07, 6.45) is 0.334. The smallest absolute Gasteiger partial charge is 0.121 e. The third-order valence-electron chi connectivity index (χ3n) is 12.6. The molecular weight excluding hydrogens is 1010 g/mol. The second kappa shape index (κ2) is 18.8. The molecule has 0 aliphatic rings. The van der Waals surface area contributed by atoms with Gasteiger partial charge in [0.25, 0.3) is 0 Å². The summed E-state index contributed by atoms with van der Waals surface area (Å²) < 4.78 is 28.3. The van der Waals surface area contributed by atoms with Gasteiger partial charge in [-0.05, 0) is 96.6 Å². The number of imidazole rings is 1. The second-order valence-electron chi connectivity index (χ2n) is 20.8. The number of nitrogens with zero attached hydrogens (tertiary/aromatic N) is 3. The van der Waals surface area contributed by atoms with Gasteiger partial charge in [0.1, 0.15) is 5.58 Å². The number of aromatic nitrogens is 3. The van der Waals surface area contributed by atoms with E-state index in [9.17, 15) is 2.74 Å². The summed E-state index contributed by atoms with van der Waals surface area (Å²) in [6, 6.07) is 51.0. The SMILES string of the molecule is C[Si](C)(C)c1ccc(-c2[c-]cccc2)nc1.[2H]C([2H])(c1c[c-]c(-c2nc3ccccc3n2-c2c(C(C)C)cc(C(C)C)cc2C(C)C)c2oc3cc4c(ccc5ccccc54)cc3c12)C(C)(C)C.[Ir]. The molecule has 4 nitrogen and oxygen atoms in total. The molecule has 0 saturated heterocycles. The van der Waals surface area contributed by atoms with Crippen LogP contribution in [0.2, 0.25) is 19.6 Å². The first-order valence-electron chi connectivity index (χ1n) is 24.6. The zero-order chi connectivity index (χ0) is 48.4. The Balaban J connectivity index is 0.000000320. The molecule has 0 atom stereocenters. The van der Waals surface area contributed by atoms with E-state index in [0.717, 1.165) is 71.9 Å². The summed E-state index contributed by atoms with van der Waals surface area (Å²) in [5, 5.41) is 7.60. The third-order valence-corrected chi connectivity index (χ3v) is 14.7. The molecule has 343 valence electrons. The van der Waals surface area contributed by atoms with Gasteiger partial charge in [-0.25, -0.2) is 0 Å². The van der Waals surface area contributed by atoms with E-state index in [0.29, 0.717) is 17.1 Å². The minimum absolute atomic E-state index is 0. The molecule has 10 aromatic rings. The van der Waals surface area contributed by atoms with Crippen molar-refractivity contribution in [2.45, 2.75) is 106 Å². The normalized spacial score (nSPS) is 12.9. The second-order valence-corrected chi connectivity index (χ2v) is 25.9. The first-order valence-corrected chi connectivity index (χ1v) is 27.1. The average Bonchev–Trinajstić information content (AvgIpc) is 3.88. The van der Waals surface area contributed by atoms with Crippen molar-refractivity contribution in [2.75, 3.05) is 0 Å². The first kappa shape index (κ1) is 45.1. The fourth-order valence-corrected chi connectivity index (χ4v) is 10.2. The van der Waals surface area contributed by atoms with Crippen LogP contribution in [0.3, 0.4) is 0 Å². The molecule has 7 aromatic carbocycles. The number of fused-ring (bicyclic) bond motifs is 7. The quantitative estimate of drug-likeness (QED) is 0.0865. The standard InChI is InChI=1S/C47H47N2O.C14H16NSi.Ir/c1-27(2)33-23-36(28(3)4)44(37(24-33)29(5)6)49-41-17-13-12-16-40(41)48-46(49)35-21-20-32(26-47(7,8)9)43-39-22-31-19-18-30-14-10-11-15-34(30)38(31)25-42(39)50-45(35)43;1-16(2,3)13-9-10-14(15-11-13)12-7-5-4-6-8-12;/h10-20,22-25,27-29H,26H2,1-9H3;4-7,9-11H,1-3H3;/q2*-1;/i26D2;;. The molecule has 0 saturated carbocycles. The third kappa shape index (κ3) is 9.46. The van der Waals surface area contributed by atoms with Gasteiger partial charge in [-0.3, -0.25) is 4.98 Å². The number of hydrogen-bond acceptors (Lipinski definition) is 3. The van der Waals surface area contributed by atoms with Crippen LogP contribution in [0.15, 0.2) is 138 Å². The Morgan fingerprint density at radius 2 is 1.40 bits per heavy atom. The summed E-state index contributed by atoms with van der Waals surface area (Å²) in [5.41, 5.74) is 11.0. The van der Waals surface area contributed by atoms with Crippen LogP contribution >= 0.6 is 0 Å². The number of hydrogen-bond donors (Lipinski definition) is 0. The van der Waals surface area contributed by atoms with Gasteiger partial charge in [-0.15, -0.1) is 53.6 Å². The van der Waals surface area contributed by atoms with E-state index in [1.165, 1.54) is 27.3 Å². The monoisotopic (exact) mass is 1080 g/mol. The Bertz CT molecular complexity index is 3460. The van der Waals surface area contributed by atoms with Crippen molar-refractivity contribution in [3.8, 4) is 28.3 Å². The van der Waals surface area contributed by atoms with Gasteiger partial charge >= 0.3 is 0 Å². The zero-order valence-corrected chi connectivity index (χ0v) is 44.4. The van der Waals surface area contributed by atoms with Gasteiger partial charge in [-0.1, -0.05) is 172 Å². The zero-order valence-electron chi connectivity index (χ0n) is 43.0. The molecule has 1 radical (unpaired) electrons. The van der Waals surface area contributed by atoms with Crippen LogP contribution in [-0.4, -0.2) is 22.6 Å². The molecule has 0 unspecified atom stereocenters. The molecule has 0 aliphatic heterocycles. The molecule has 0 N–H and O–H groups in total. The molecule has 10 rings (SSSR count). The van der Waals surface area contributed by atoms with Crippen LogP contribution in [0.1, 0.15) is 105 Å². The molecule has 0 spiro atoms. The van der Waals surface area contributed by atoms with Crippen LogP contribution < -0.4 is 5.19 Å². The molecule has 0 fully saturated rings. The van der Waals surface area contributed by atoms with Crippen molar-refractivity contribution < 1.29 is 27.3 Å². The largest absolute Gasteiger partial charge is 0.501 e. The maximum absolute atomic E-state index is 9.51. The number of rotatable bonds is 8. The van der Waals surface area contributed by atoms with E-state index in [1.54, 1.807) is 0 Å². The van der Waals surface area contributed by atoms with E-state index in [1.807, 2.05) is 63.4 Å². The summed E-state index contributed by atoms with van der Waals surface area (Å²) in [6.45, 7) is 26.5. The summed E-state index contributed by atoms with van der Waals surface area (Å²) >= 11 is 0. The molecule has 0 bridgehead atoms. The summed E-state index contributed by atoms with van der Waals surface area (Å²) in [5.74, 6) is 1.66. The van der Waals surface area contributed by atoms with Crippen LogP contribution in [0, 0.1) is 17.5 Å². The Labute approximate surface area is 415 Å². The minimum atomic E-state index is -1.68. The van der Waals surface area contributed by atoms with Crippen LogP contribution in [0.25, 0.3) is 82.8 Å². The maximum atomic E-state index is 9.51. The molecule has 3 aromatic heterocycles. The van der Waals surface area contributed by atoms with E-state index in [2.05, 4.69) is 174 Å². The van der Waals surface area contributed by atoms with Gasteiger partial charge in [0.2, 0.25) is 0 Å². The van der Waals surface area contributed by atoms with Gasteiger partial charge < -0.3 is 14.0 Å². The Morgan fingerprint density at radius 3 is 2.04 bits per heavy atom. The molecule has 3 heterocycles. The first-order chi connectivity index (χ1) is 32.2. The fraction of sp³-hybridized carbons (Fsp3) is 0.279. The van der Waals surface area contributed by atoms with Gasteiger partial charge in [0.15, 0.2) is 0 Å². The minimum Gasteiger partial charge on any atom is -0.501 e.